The number of hydrogen-bond donors (Lipinski definition) is 2. The van der Waals surface area contributed by atoms with E-state index in [0.717, 1.165) is 69.3 Å². The van der Waals surface area contributed by atoms with Gasteiger partial charge in [0.05, 0.1) is 0 Å². The van der Waals surface area contributed by atoms with Crippen molar-refractivity contribution < 1.29 is 14.4 Å². The van der Waals surface area contributed by atoms with E-state index in [1.54, 1.807) is 0 Å². The fraction of sp³-hybridized carbons (Fsp3) is 0.667. The molecule has 0 aromatic heterocycles. The molecule has 2 aliphatic heterocycles. The Bertz CT molecular complexity index is 861. The number of hydrogen-bond acceptors (Lipinski definition) is 3. The van der Waals surface area contributed by atoms with Crippen molar-refractivity contribution in [2.45, 2.75) is 77.2 Å². The van der Waals surface area contributed by atoms with Crippen LogP contribution in [-0.2, 0) is 16.0 Å². The molecule has 4 amide bonds. The largest absolute Gasteiger partial charge is 0.341 e. The lowest BCUT2D eigenvalue weighted by molar-refractivity contribution is -0.133. The predicted molar refractivity (Wildman–Crippen MR) is 133 cm³/mol. The predicted octanol–water partition coefficient (Wildman–Crippen LogP) is 4.18. The van der Waals surface area contributed by atoms with Gasteiger partial charge in [-0.15, -0.1) is 0 Å². The molecule has 7 heteroatoms. The zero-order valence-corrected chi connectivity index (χ0v) is 20.6. The van der Waals surface area contributed by atoms with E-state index < -0.39 is 0 Å². The summed E-state index contributed by atoms with van der Waals surface area (Å²) in [5.74, 6) is 1.28. The lowest BCUT2D eigenvalue weighted by atomic mass is 9.92. The molecule has 1 saturated carbocycles. The molecule has 4 rings (SSSR count). The number of carbonyl (C=O) groups excluding carboxylic acids is 3. The van der Waals surface area contributed by atoms with E-state index in [1.807, 2.05) is 34.1 Å². The van der Waals surface area contributed by atoms with Crippen LogP contribution in [0.3, 0.4) is 0 Å². The Morgan fingerprint density at radius 1 is 0.971 bits per heavy atom. The van der Waals surface area contributed by atoms with Crippen LogP contribution in [0, 0.1) is 11.8 Å². The summed E-state index contributed by atoms with van der Waals surface area (Å²) >= 11 is 0. The van der Waals surface area contributed by atoms with Crippen molar-refractivity contribution in [3.63, 3.8) is 0 Å². The fourth-order valence-electron chi connectivity index (χ4n) is 5.20. The maximum Gasteiger partial charge on any atom is 0.318 e. The fourth-order valence-corrected chi connectivity index (χ4v) is 5.20. The summed E-state index contributed by atoms with van der Waals surface area (Å²) in [6.07, 6.45) is 9.22. The molecule has 2 heterocycles. The first-order chi connectivity index (χ1) is 16.5. The zero-order valence-electron chi connectivity index (χ0n) is 20.6. The van der Waals surface area contributed by atoms with Gasteiger partial charge in [0.15, 0.2) is 0 Å². The minimum absolute atomic E-state index is 0.0590. The molecule has 0 bridgehead atoms. The summed E-state index contributed by atoms with van der Waals surface area (Å²) in [5, 5.41) is 6.09. The second-order valence-corrected chi connectivity index (χ2v) is 10.3. The molecule has 0 unspecified atom stereocenters. The minimum Gasteiger partial charge on any atom is -0.341 e. The highest BCUT2D eigenvalue weighted by Gasteiger charge is 2.33. The molecule has 1 aromatic carbocycles. The van der Waals surface area contributed by atoms with Gasteiger partial charge in [-0.1, -0.05) is 25.1 Å². The summed E-state index contributed by atoms with van der Waals surface area (Å²) in [7, 11) is 0. The van der Waals surface area contributed by atoms with Gasteiger partial charge >= 0.3 is 6.03 Å². The molecule has 3 fully saturated rings. The smallest absolute Gasteiger partial charge is 0.318 e. The molecule has 1 aliphatic carbocycles. The number of para-hydroxylation sites is 1. The number of nitrogens with zero attached hydrogens (tertiary/aromatic N) is 2. The van der Waals surface area contributed by atoms with Crippen molar-refractivity contribution in [2.75, 3.05) is 31.5 Å². The van der Waals surface area contributed by atoms with Crippen LogP contribution in [-0.4, -0.2) is 59.9 Å². The molecule has 2 N–H and O–H groups in total. The quantitative estimate of drug-likeness (QED) is 0.601. The maximum atomic E-state index is 13.0. The van der Waals surface area contributed by atoms with Gasteiger partial charge in [0, 0.05) is 38.3 Å². The van der Waals surface area contributed by atoms with Gasteiger partial charge in [-0.3, -0.25) is 9.59 Å². The van der Waals surface area contributed by atoms with Crippen molar-refractivity contribution in [1.82, 2.24) is 15.1 Å². The first kappa shape index (κ1) is 24.6. The normalized spacial score (nSPS) is 21.8. The molecule has 1 atom stereocenters. The van der Waals surface area contributed by atoms with Crippen molar-refractivity contribution in [1.29, 1.82) is 0 Å². The van der Waals surface area contributed by atoms with Crippen LogP contribution in [0.5, 0.6) is 0 Å². The Balaban J connectivity index is 1.18. The van der Waals surface area contributed by atoms with E-state index >= 15 is 0 Å². The molecular weight excluding hydrogens is 428 g/mol. The Morgan fingerprint density at radius 2 is 1.74 bits per heavy atom. The number of aryl methyl sites for hydroxylation is 1. The molecule has 34 heavy (non-hydrogen) atoms. The number of nitrogens with one attached hydrogen (secondary N) is 2. The molecule has 7 nitrogen and oxygen atoms in total. The van der Waals surface area contributed by atoms with Crippen LogP contribution < -0.4 is 10.6 Å². The van der Waals surface area contributed by atoms with E-state index in [1.165, 1.54) is 12.8 Å². The molecule has 3 aliphatic rings. The van der Waals surface area contributed by atoms with E-state index in [2.05, 4.69) is 17.6 Å². The van der Waals surface area contributed by atoms with Gasteiger partial charge in [0.1, 0.15) is 6.04 Å². The number of likely N-dealkylation sites (tertiary alicyclic amines) is 2. The molecule has 0 radical (unpaired) electrons. The van der Waals surface area contributed by atoms with Gasteiger partial charge in [0.2, 0.25) is 11.8 Å². The summed E-state index contributed by atoms with van der Waals surface area (Å²) < 4.78 is 0. The minimum atomic E-state index is -0.388. The number of urea groups is 1. The third-order valence-electron chi connectivity index (χ3n) is 7.61. The third kappa shape index (κ3) is 6.73. The van der Waals surface area contributed by atoms with Gasteiger partial charge in [-0.25, -0.2) is 4.79 Å². The number of carbonyl (C=O) groups is 3. The second kappa shape index (κ2) is 11.7. The Kier molecular flexibility index (Phi) is 8.46. The monoisotopic (exact) mass is 468 g/mol. The lowest BCUT2D eigenvalue weighted by Gasteiger charge is -2.33. The summed E-state index contributed by atoms with van der Waals surface area (Å²) in [6, 6.07) is 7.44. The maximum absolute atomic E-state index is 13.0. The average Bonchev–Trinajstić information content (AvgIpc) is 3.69. The summed E-state index contributed by atoms with van der Waals surface area (Å²) in [5.41, 5.74) is 2.06. The van der Waals surface area contributed by atoms with E-state index in [0.29, 0.717) is 31.3 Å². The van der Waals surface area contributed by atoms with Crippen LogP contribution in [0.15, 0.2) is 24.3 Å². The number of anilines is 1. The Labute approximate surface area is 203 Å². The summed E-state index contributed by atoms with van der Waals surface area (Å²) in [4.78, 5) is 42.1. The van der Waals surface area contributed by atoms with Crippen molar-refractivity contribution in [3.8, 4) is 0 Å². The summed E-state index contributed by atoms with van der Waals surface area (Å²) in [6.45, 7) is 5.14. The third-order valence-corrected chi connectivity index (χ3v) is 7.61. The van der Waals surface area contributed by atoms with Crippen LogP contribution in [0.4, 0.5) is 10.5 Å². The van der Waals surface area contributed by atoms with Gasteiger partial charge in [0.25, 0.3) is 0 Å². The van der Waals surface area contributed by atoms with Crippen LogP contribution in [0.2, 0.25) is 0 Å². The first-order valence-electron chi connectivity index (χ1n) is 13.3. The van der Waals surface area contributed by atoms with Gasteiger partial charge in [-0.2, -0.15) is 0 Å². The number of rotatable bonds is 8. The Morgan fingerprint density at radius 3 is 2.47 bits per heavy atom. The van der Waals surface area contributed by atoms with Crippen molar-refractivity contribution in [3.05, 3.63) is 29.8 Å². The Hall–Kier alpha value is -2.57. The topological polar surface area (TPSA) is 81.8 Å². The van der Waals surface area contributed by atoms with E-state index in [-0.39, 0.29) is 23.9 Å². The highest BCUT2D eigenvalue weighted by Crippen LogP contribution is 2.31. The number of amides is 4. The van der Waals surface area contributed by atoms with Crippen LogP contribution in [0.25, 0.3) is 0 Å². The molecule has 186 valence electrons. The number of piperidine rings is 1. The highest BCUT2D eigenvalue weighted by molar-refractivity contribution is 5.91. The second-order valence-electron chi connectivity index (χ2n) is 10.3. The van der Waals surface area contributed by atoms with E-state index in [9.17, 15) is 14.4 Å². The lowest BCUT2D eigenvalue weighted by Crippen LogP contribution is -2.53. The molecule has 1 aromatic rings. The van der Waals surface area contributed by atoms with Crippen LogP contribution in [0.1, 0.15) is 70.3 Å². The molecular formula is C27H40N4O3. The SMILES string of the molecule is CCc1ccccc1NC(=O)CCC1CCN(C(=O)N[C@@H]2CCCCN(CC3CC3)C2=O)CC1. The van der Waals surface area contributed by atoms with E-state index in [4.69, 9.17) is 0 Å². The first-order valence-corrected chi connectivity index (χ1v) is 13.3. The molecule has 2 saturated heterocycles. The van der Waals surface area contributed by atoms with Gasteiger partial charge in [-0.05, 0) is 81.3 Å². The highest BCUT2D eigenvalue weighted by atomic mass is 16.2. The zero-order chi connectivity index (χ0) is 23.9. The van der Waals surface area contributed by atoms with Crippen molar-refractivity contribution in [2.24, 2.45) is 11.8 Å². The number of benzene rings is 1. The standard InChI is InChI=1S/C27H40N4O3/c1-2-22-7-3-4-8-23(22)28-25(32)13-12-20-14-17-30(18-15-20)27(34)29-24-9-5-6-16-31(26(24)33)19-21-10-11-21/h3-4,7-8,20-21,24H,2,5-6,9-19H2,1H3,(H,28,32)(H,29,34)/t24-/m1/s1. The van der Waals surface area contributed by atoms with Crippen LogP contribution >= 0.6 is 0 Å². The molecule has 0 spiro atoms. The van der Waals surface area contributed by atoms with Gasteiger partial charge < -0.3 is 20.4 Å². The van der Waals surface area contributed by atoms with Crippen molar-refractivity contribution >= 4 is 23.5 Å². The average molecular weight is 469 g/mol.